The lowest BCUT2D eigenvalue weighted by molar-refractivity contribution is -0.139. The van der Waals surface area contributed by atoms with E-state index < -0.39 is 12.0 Å². The standard InChI is InChI=1S/C25H24ClN3O3S/c1-3-27-20(30)14-19-15-33-25-28-22(16-8-6-5-7-9-16)21(24(31)32-4-2)23(29(19)25)17-10-12-18(26)13-11-17/h5-13,15,23H,3-4,14H2,1-2H3,(H,27,30). The molecule has 1 amide bonds. The van der Waals surface area contributed by atoms with Crippen LogP contribution in [0.4, 0.5) is 0 Å². The molecule has 0 aromatic heterocycles. The molecule has 1 atom stereocenters. The van der Waals surface area contributed by atoms with Crippen LogP contribution in [0.25, 0.3) is 5.70 Å². The van der Waals surface area contributed by atoms with Gasteiger partial charge in [-0.3, -0.25) is 4.79 Å². The molecule has 1 N–H and O–H groups in total. The molecule has 0 radical (unpaired) electrons. The van der Waals surface area contributed by atoms with E-state index in [0.717, 1.165) is 16.8 Å². The molecule has 1 unspecified atom stereocenters. The van der Waals surface area contributed by atoms with Crippen LogP contribution in [-0.2, 0) is 14.3 Å². The Labute approximate surface area is 202 Å². The first kappa shape index (κ1) is 23.1. The fraction of sp³-hybridized carbons (Fsp3) is 0.240. The fourth-order valence-electron chi connectivity index (χ4n) is 3.87. The molecule has 2 heterocycles. The number of aliphatic imine (C=N–C) groups is 1. The van der Waals surface area contributed by atoms with Gasteiger partial charge < -0.3 is 15.0 Å². The summed E-state index contributed by atoms with van der Waals surface area (Å²) in [5.41, 5.74) is 3.45. The number of thioether (sulfide) groups is 1. The molecule has 2 aliphatic rings. The SMILES string of the molecule is CCNC(=O)CC1=CSC2=NC(c3ccccc3)=C(C(=O)OCC)C(c3ccc(Cl)cc3)N12. The van der Waals surface area contributed by atoms with E-state index in [9.17, 15) is 9.59 Å². The number of fused-ring (bicyclic) bond motifs is 1. The molecule has 0 fully saturated rings. The van der Waals surface area contributed by atoms with Gasteiger partial charge in [-0.05, 0) is 37.0 Å². The fourth-order valence-corrected chi connectivity index (χ4v) is 4.92. The molecule has 0 saturated carbocycles. The van der Waals surface area contributed by atoms with Gasteiger partial charge in [0, 0.05) is 22.8 Å². The lowest BCUT2D eigenvalue weighted by Gasteiger charge is -2.36. The first-order valence-corrected chi connectivity index (χ1v) is 12.0. The molecule has 2 aromatic carbocycles. The number of amides is 1. The highest BCUT2D eigenvalue weighted by Gasteiger charge is 2.42. The van der Waals surface area contributed by atoms with Crippen LogP contribution < -0.4 is 5.32 Å². The highest BCUT2D eigenvalue weighted by Crippen LogP contribution is 2.47. The van der Waals surface area contributed by atoms with E-state index in [1.807, 2.05) is 59.7 Å². The topological polar surface area (TPSA) is 71.0 Å². The summed E-state index contributed by atoms with van der Waals surface area (Å²) in [5, 5.41) is 6.08. The van der Waals surface area contributed by atoms with Crippen molar-refractivity contribution in [3.8, 4) is 0 Å². The Kier molecular flexibility index (Phi) is 7.20. The minimum Gasteiger partial charge on any atom is -0.463 e. The number of carbonyl (C=O) groups excluding carboxylic acids is 2. The second kappa shape index (κ2) is 10.3. The zero-order valence-electron chi connectivity index (χ0n) is 18.4. The molecule has 0 bridgehead atoms. The zero-order valence-corrected chi connectivity index (χ0v) is 19.9. The van der Waals surface area contributed by atoms with Crippen molar-refractivity contribution in [3.63, 3.8) is 0 Å². The largest absolute Gasteiger partial charge is 0.463 e. The smallest absolute Gasteiger partial charge is 0.338 e. The van der Waals surface area contributed by atoms with Gasteiger partial charge in [0.1, 0.15) is 0 Å². The Morgan fingerprint density at radius 3 is 2.52 bits per heavy atom. The molecule has 2 aromatic rings. The van der Waals surface area contributed by atoms with Crippen LogP contribution in [0.5, 0.6) is 0 Å². The number of amidine groups is 1. The van der Waals surface area contributed by atoms with E-state index in [1.165, 1.54) is 11.8 Å². The number of esters is 1. The molecular weight excluding hydrogens is 458 g/mol. The van der Waals surface area contributed by atoms with Gasteiger partial charge in [-0.2, -0.15) is 0 Å². The maximum atomic E-state index is 13.3. The normalized spacial score (nSPS) is 17.3. The zero-order chi connectivity index (χ0) is 23.4. The molecule has 0 saturated heterocycles. The van der Waals surface area contributed by atoms with E-state index in [2.05, 4.69) is 5.32 Å². The van der Waals surface area contributed by atoms with Gasteiger partial charge in [0.05, 0.1) is 30.3 Å². The number of carbonyl (C=O) groups is 2. The molecule has 33 heavy (non-hydrogen) atoms. The lowest BCUT2D eigenvalue weighted by atomic mass is 9.91. The third-order valence-corrected chi connectivity index (χ3v) is 6.39. The van der Waals surface area contributed by atoms with Gasteiger partial charge >= 0.3 is 5.97 Å². The third kappa shape index (κ3) is 4.84. The van der Waals surface area contributed by atoms with Crippen molar-refractivity contribution in [1.29, 1.82) is 0 Å². The van der Waals surface area contributed by atoms with Crippen LogP contribution in [0.3, 0.4) is 0 Å². The summed E-state index contributed by atoms with van der Waals surface area (Å²) in [7, 11) is 0. The molecule has 4 rings (SSSR count). The van der Waals surface area contributed by atoms with Crippen molar-refractivity contribution in [1.82, 2.24) is 10.2 Å². The summed E-state index contributed by atoms with van der Waals surface area (Å²) in [4.78, 5) is 32.6. The summed E-state index contributed by atoms with van der Waals surface area (Å²) in [6.45, 7) is 4.45. The Balaban J connectivity index is 1.89. The van der Waals surface area contributed by atoms with Crippen LogP contribution >= 0.6 is 23.4 Å². The minimum absolute atomic E-state index is 0.0871. The number of halogens is 1. The third-order valence-electron chi connectivity index (χ3n) is 5.25. The van der Waals surface area contributed by atoms with Crippen LogP contribution in [0.1, 0.15) is 37.4 Å². The van der Waals surface area contributed by atoms with E-state index in [4.69, 9.17) is 21.3 Å². The maximum absolute atomic E-state index is 13.3. The Bertz CT molecular complexity index is 1140. The number of hydrogen-bond donors (Lipinski definition) is 1. The number of nitrogens with zero attached hydrogens (tertiary/aromatic N) is 2. The lowest BCUT2D eigenvalue weighted by Crippen LogP contribution is -2.38. The maximum Gasteiger partial charge on any atom is 0.338 e. The number of rotatable bonds is 7. The Morgan fingerprint density at radius 2 is 1.85 bits per heavy atom. The van der Waals surface area contributed by atoms with Crippen molar-refractivity contribution in [2.45, 2.75) is 26.3 Å². The van der Waals surface area contributed by atoms with Gasteiger partial charge in [-0.15, -0.1) is 0 Å². The average molecular weight is 482 g/mol. The molecule has 170 valence electrons. The molecule has 2 aliphatic heterocycles. The summed E-state index contributed by atoms with van der Waals surface area (Å²) in [6, 6.07) is 16.5. The highest BCUT2D eigenvalue weighted by molar-refractivity contribution is 8.16. The number of hydrogen-bond acceptors (Lipinski definition) is 6. The quantitative estimate of drug-likeness (QED) is 0.554. The van der Waals surface area contributed by atoms with E-state index in [1.54, 1.807) is 19.1 Å². The number of ether oxygens (including phenoxy) is 1. The van der Waals surface area contributed by atoms with Crippen molar-refractivity contribution < 1.29 is 14.3 Å². The predicted molar refractivity (Wildman–Crippen MR) is 132 cm³/mol. The summed E-state index contributed by atoms with van der Waals surface area (Å²) < 4.78 is 5.49. The van der Waals surface area contributed by atoms with Crippen molar-refractivity contribution in [2.24, 2.45) is 4.99 Å². The van der Waals surface area contributed by atoms with Gasteiger partial charge in [-0.25, -0.2) is 9.79 Å². The Hall–Kier alpha value is -3.03. The molecular formula is C25H24ClN3O3S. The highest BCUT2D eigenvalue weighted by atomic mass is 35.5. The number of nitrogens with one attached hydrogen (secondary N) is 1. The molecule has 0 spiro atoms. The minimum atomic E-state index is -0.514. The molecule has 6 nitrogen and oxygen atoms in total. The molecule has 0 aliphatic carbocycles. The van der Waals surface area contributed by atoms with Crippen molar-refractivity contribution in [2.75, 3.05) is 13.2 Å². The van der Waals surface area contributed by atoms with Crippen LogP contribution in [0, 0.1) is 0 Å². The predicted octanol–water partition coefficient (Wildman–Crippen LogP) is 5.14. The first-order chi connectivity index (χ1) is 16.0. The van der Waals surface area contributed by atoms with E-state index in [-0.39, 0.29) is 18.9 Å². The van der Waals surface area contributed by atoms with Gasteiger partial charge in [0.2, 0.25) is 5.91 Å². The monoisotopic (exact) mass is 481 g/mol. The van der Waals surface area contributed by atoms with E-state index in [0.29, 0.717) is 28.0 Å². The van der Waals surface area contributed by atoms with Gasteiger partial charge in [-0.1, -0.05) is 65.8 Å². The number of benzene rings is 2. The van der Waals surface area contributed by atoms with Crippen molar-refractivity contribution in [3.05, 3.63) is 87.4 Å². The van der Waals surface area contributed by atoms with Crippen LogP contribution in [-0.4, -0.2) is 35.1 Å². The first-order valence-electron chi connectivity index (χ1n) is 10.8. The van der Waals surface area contributed by atoms with E-state index >= 15 is 0 Å². The summed E-state index contributed by atoms with van der Waals surface area (Å²) in [6.07, 6.45) is 0.181. The second-order valence-electron chi connectivity index (χ2n) is 7.42. The van der Waals surface area contributed by atoms with Gasteiger partial charge in [0.25, 0.3) is 0 Å². The van der Waals surface area contributed by atoms with Gasteiger partial charge in [0.15, 0.2) is 5.17 Å². The Morgan fingerprint density at radius 1 is 1.12 bits per heavy atom. The molecule has 8 heteroatoms. The summed E-state index contributed by atoms with van der Waals surface area (Å²) >= 11 is 7.60. The van der Waals surface area contributed by atoms with Crippen molar-refractivity contribution >= 4 is 46.1 Å². The second-order valence-corrected chi connectivity index (χ2v) is 8.70. The van der Waals surface area contributed by atoms with Crippen LogP contribution in [0.2, 0.25) is 5.02 Å². The summed E-state index contributed by atoms with van der Waals surface area (Å²) in [5.74, 6) is -0.524. The average Bonchev–Trinajstić information content (AvgIpc) is 3.21. The van der Waals surface area contributed by atoms with Crippen LogP contribution in [0.15, 0.2) is 76.3 Å².